The SMILES string of the molecule is Cc1cc(C=O)nn1C(c1ccccc1)(c1ccccc1)c1ccccc1. The largest absolute Gasteiger partial charge is 0.296 e. The van der Waals surface area contributed by atoms with Gasteiger partial charge in [-0.25, -0.2) is 4.68 Å². The molecule has 0 amide bonds. The van der Waals surface area contributed by atoms with E-state index in [0.29, 0.717) is 5.69 Å². The Hall–Kier alpha value is -3.46. The van der Waals surface area contributed by atoms with E-state index in [0.717, 1.165) is 28.7 Å². The molecule has 0 N–H and O–H groups in total. The molecule has 0 atom stereocenters. The molecule has 0 aliphatic carbocycles. The first kappa shape index (κ1) is 17.0. The molecule has 0 unspecified atom stereocenters. The summed E-state index contributed by atoms with van der Waals surface area (Å²) in [7, 11) is 0. The number of rotatable bonds is 5. The molecule has 0 saturated carbocycles. The topological polar surface area (TPSA) is 34.9 Å². The van der Waals surface area contributed by atoms with E-state index in [1.54, 1.807) is 0 Å². The lowest BCUT2D eigenvalue weighted by atomic mass is 9.77. The van der Waals surface area contributed by atoms with E-state index in [2.05, 4.69) is 41.5 Å². The Morgan fingerprint density at radius 2 is 1.15 bits per heavy atom. The summed E-state index contributed by atoms with van der Waals surface area (Å²) in [6, 6.07) is 32.8. The van der Waals surface area contributed by atoms with Gasteiger partial charge in [-0.3, -0.25) is 4.79 Å². The Kier molecular flexibility index (Phi) is 4.43. The van der Waals surface area contributed by atoms with Crippen LogP contribution in [0.4, 0.5) is 0 Å². The lowest BCUT2D eigenvalue weighted by molar-refractivity contribution is 0.111. The van der Waals surface area contributed by atoms with Gasteiger partial charge in [0.25, 0.3) is 0 Å². The Morgan fingerprint density at radius 3 is 1.48 bits per heavy atom. The number of benzene rings is 3. The molecule has 0 fully saturated rings. The number of aryl methyl sites for hydroxylation is 1. The number of hydrogen-bond acceptors (Lipinski definition) is 2. The van der Waals surface area contributed by atoms with Crippen molar-refractivity contribution in [1.29, 1.82) is 0 Å². The molecule has 0 saturated heterocycles. The molecule has 1 aromatic heterocycles. The molecule has 3 aromatic carbocycles. The van der Waals surface area contributed by atoms with E-state index in [1.807, 2.05) is 72.3 Å². The predicted molar refractivity (Wildman–Crippen MR) is 107 cm³/mol. The maximum absolute atomic E-state index is 11.4. The molecule has 4 aromatic rings. The molecule has 0 aliphatic rings. The van der Waals surface area contributed by atoms with Gasteiger partial charge in [-0.2, -0.15) is 5.10 Å². The standard InChI is InChI=1S/C24H20N2O/c1-19-17-23(18-27)25-26(19)24(20-11-5-2-6-12-20,21-13-7-3-8-14-21)22-15-9-4-10-16-22/h2-18H,1H3. The summed E-state index contributed by atoms with van der Waals surface area (Å²) >= 11 is 0. The van der Waals surface area contributed by atoms with Crippen LogP contribution in [0.15, 0.2) is 97.1 Å². The number of aromatic nitrogens is 2. The summed E-state index contributed by atoms with van der Waals surface area (Å²) in [5, 5.41) is 4.68. The summed E-state index contributed by atoms with van der Waals surface area (Å²) in [5.41, 5.74) is 3.95. The molecular formula is C24H20N2O. The minimum atomic E-state index is -0.672. The Bertz CT molecular complexity index is 941. The highest BCUT2D eigenvalue weighted by Crippen LogP contribution is 2.41. The zero-order valence-electron chi connectivity index (χ0n) is 15.1. The smallest absolute Gasteiger partial charge is 0.170 e. The summed E-state index contributed by atoms with van der Waals surface area (Å²) < 4.78 is 1.97. The molecule has 0 bridgehead atoms. The number of carbonyl (C=O) groups is 1. The minimum Gasteiger partial charge on any atom is -0.296 e. The van der Waals surface area contributed by atoms with Gasteiger partial charge in [-0.05, 0) is 29.7 Å². The third kappa shape index (κ3) is 2.77. The average molecular weight is 352 g/mol. The zero-order valence-corrected chi connectivity index (χ0v) is 15.1. The van der Waals surface area contributed by atoms with Crippen molar-refractivity contribution in [3.8, 4) is 0 Å². The lowest BCUT2D eigenvalue weighted by Crippen LogP contribution is -2.39. The van der Waals surface area contributed by atoms with E-state index in [1.165, 1.54) is 0 Å². The molecule has 4 rings (SSSR count). The van der Waals surface area contributed by atoms with Gasteiger partial charge < -0.3 is 0 Å². The fraction of sp³-hybridized carbons (Fsp3) is 0.0833. The van der Waals surface area contributed by atoms with Gasteiger partial charge in [0, 0.05) is 5.69 Å². The highest BCUT2D eigenvalue weighted by atomic mass is 16.1. The van der Waals surface area contributed by atoms with Crippen LogP contribution in [0.3, 0.4) is 0 Å². The van der Waals surface area contributed by atoms with Crippen LogP contribution in [0.25, 0.3) is 0 Å². The second-order valence-corrected chi connectivity index (χ2v) is 6.55. The van der Waals surface area contributed by atoms with E-state index >= 15 is 0 Å². The van der Waals surface area contributed by atoms with Gasteiger partial charge in [0.1, 0.15) is 11.2 Å². The first-order chi connectivity index (χ1) is 13.3. The third-order valence-electron chi connectivity index (χ3n) is 4.92. The summed E-state index contributed by atoms with van der Waals surface area (Å²) in [4.78, 5) is 11.4. The van der Waals surface area contributed by atoms with Crippen LogP contribution in [0.1, 0.15) is 32.9 Å². The van der Waals surface area contributed by atoms with Crippen molar-refractivity contribution in [2.75, 3.05) is 0 Å². The highest BCUT2D eigenvalue weighted by Gasteiger charge is 2.40. The maximum atomic E-state index is 11.4. The first-order valence-electron chi connectivity index (χ1n) is 8.95. The highest BCUT2D eigenvalue weighted by molar-refractivity contribution is 5.72. The quantitative estimate of drug-likeness (QED) is 0.380. The van der Waals surface area contributed by atoms with Gasteiger partial charge >= 0.3 is 0 Å². The van der Waals surface area contributed by atoms with Crippen molar-refractivity contribution in [2.24, 2.45) is 0 Å². The van der Waals surface area contributed by atoms with E-state index in [4.69, 9.17) is 0 Å². The molecule has 0 radical (unpaired) electrons. The van der Waals surface area contributed by atoms with Gasteiger partial charge in [0.15, 0.2) is 6.29 Å². The zero-order chi connectivity index (χ0) is 18.7. The molecule has 132 valence electrons. The molecule has 0 aliphatic heterocycles. The monoisotopic (exact) mass is 352 g/mol. The molecular weight excluding hydrogens is 332 g/mol. The Balaban J connectivity index is 2.16. The normalized spacial score (nSPS) is 11.3. The van der Waals surface area contributed by atoms with Crippen LogP contribution >= 0.6 is 0 Å². The van der Waals surface area contributed by atoms with Crippen LogP contribution < -0.4 is 0 Å². The van der Waals surface area contributed by atoms with Crippen molar-refractivity contribution in [2.45, 2.75) is 12.5 Å². The van der Waals surface area contributed by atoms with Crippen molar-refractivity contribution >= 4 is 6.29 Å². The van der Waals surface area contributed by atoms with Gasteiger partial charge in [0.2, 0.25) is 0 Å². The van der Waals surface area contributed by atoms with Crippen LogP contribution in [-0.2, 0) is 5.54 Å². The van der Waals surface area contributed by atoms with Gasteiger partial charge in [0.05, 0.1) is 0 Å². The molecule has 1 heterocycles. The van der Waals surface area contributed by atoms with E-state index in [-0.39, 0.29) is 0 Å². The molecule has 27 heavy (non-hydrogen) atoms. The van der Waals surface area contributed by atoms with Crippen molar-refractivity contribution in [3.63, 3.8) is 0 Å². The van der Waals surface area contributed by atoms with Gasteiger partial charge in [-0.15, -0.1) is 0 Å². The molecule has 3 heteroatoms. The van der Waals surface area contributed by atoms with E-state index in [9.17, 15) is 4.79 Å². The number of carbonyl (C=O) groups excluding carboxylic acids is 1. The molecule has 0 spiro atoms. The van der Waals surface area contributed by atoms with Crippen molar-refractivity contribution in [3.05, 3.63) is 125 Å². The summed E-state index contributed by atoms with van der Waals surface area (Å²) in [6.45, 7) is 1.99. The second kappa shape index (κ2) is 7.04. The van der Waals surface area contributed by atoms with Crippen LogP contribution in [0, 0.1) is 6.92 Å². The average Bonchev–Trinajstić information content (AvgIpc) is 3.12. The van der Waals surface area contributed by atoms with Gasteiger partial charge in [-0.1, -0.05) is 91.0 Å². The maximum Gasteiger partial charge on any atom is 0.170 e. The fourth-order valence-electron chi connectivity index (χ4n) is 3.80. The van der Waals surface area contributed by atoms with E-state index < -0.39 is 5.54 Å². The van der Waals surface area contributed by atoms with Crippen LogP contribution in [0.2, 0.25) is 0 Å². The van der Waals surface area contributed by atoms with Crippen LogP contribution in [-0.4, -0.2) is 16.1 Å². The fourth-order valence-corrected chi connectivity index (χ4v) is 3.80. The third-order valence-corrected chi connectivity index (χ3v) is 4.92. The van der Waals surface area contributed by atoms with Crippen LogP contribution in [0.5, 0.6) is 0 Å². The Labute approximate surface area is 158 Å². The van der Waals surface area contributed by atoms with Crippen molar-refractivity contribution in [1.82, 2.24) is 9.78 Å². The van der Waals surface area contributed by atoms with Crippen molar-refractivity contribution < 1.29 is 4.79 Å². The Morgan fingerprint density at radius 1 is 0.741 bits per heavy atom. The second-order valence-electron chi connectivity index (χ2n) is 6.55. The summed E-state index contributed by atoms with van der Waals surface area (Å²) in [5.74, 6) is 0. The predicted octanol–water partition coefficient (Wildman–Crippen LogP) is 4.84. The summed E-state index contributed by atoms with van der Waals surface area (Å²) in [6.07, 6.45) is 0.801. The number of nitrogens with zero attached hydrogens (tertiary/aromatic N) is 2. The number of aldehydes is 1. The molecule has 3 nitrogen and oxygen atoms in total. The first-order valence-corrected chi connectivity index (χ1v) is 8.95. The minimum absolute atomic E-state index is 0.430. The number of hydrogen-bond donors (Lipinski definition) is 0. The lowest BCUT2D eigenvalue weighted by Gasteiger charge is -2.37.